The van der Waals surface area contributed by atoms with Crippen LogP contribution in [0.1, 0.15) is 60.3 Å². The predicted octanol–water partition coefficient (Wildman–Crippen LogP) is 5.67. The van der Waals surface area contributed by atoms with Crippen molar-refractivity contribution < 1.29 is 0 Å². The third-order valence-electron chi connectivity index (χ3n) is 2.87. The lowest BCUT2D eigenvalue weighted by Gasteiger charge is -2.07. The highest BCUT2D eigenvalue weighted by Crippen LogP contribution is 2.14. The molecule has 0 amide bonds. The lowest BCUT2D eigenvalue weighted by molar-refractivity contribution is 0.501. The molecule has 0 aromatic rings. The number of hydrogen-bond acceptors (Lipinski definition) is 0. The van der Waals surface area contributed by atoms with E-state index < -0.39 is 0 Å². The van der Waals surface area contributed by atoms with E-state index in [0.717, 1.165) is 5.92 Å². The van der Waals surface area contributed by atoms with Crippen LogP contribution in [0.25, 0.3) is 0 Å². The van der Waals surface area contributed by atoms with Crippen molar-refractivity contribution in [2.45, 2.75) is 60.3 Å². The van der Waals surface area contributed by atoms with Gasteiger partial charge in [-0.2, -0.15) is 0 Å². The molecule has 0 rings (SSSR count). The van der Waals surface area contributed by atoms with E-state index in [9.17, 15) is 0 Å². The Labute approximate surface area is 102 Å². The number of hydrogen-bond donors (Lipinski definition) is 0. The molecule has 0 spiro atoms. The summed E-state index contributed by atoms with van der Waals surface area (Å²) in [5.74, 6) is 0.839. The Balaban J connectivity index is 3.62. The van der Waals surface area contributed by atoms with E-state index in [1.54, 1.807) is 0 Å². The van der Waals surface area contributed by atoms with E-state index in [1.165, 1.54) is 36.8 Å². The lowest BCUT2D eigenvalue weighted by atomic mass is 9.99. The maximum absolute atomic E-state index is 2.36. The first-order valence-corrected chi connectivity index (χ1v) is 6.49. The van der Waals surface area contributed by atoms with E-state index >= 15 is 0 Å². The van der Waals surface area contributed by atoms with Crippen LogP contribution in [-0.4, -0.2) is 0 Å². The largest absolute Gasteiger partial charge is 0.0859 e. The van der Waals surface area contributed by atoms with Gasteiger partial charge in [0.25, 0.3) is 0 Å². The Morgan fingerprint density at radius 2 is 1.69 bits per heavy atom. The first kappa shape index (κ1) is 15.2. The molecule has 0 nitrogen and oxygen atoms in total. The fraction of sp³-hybridized carbons (Fsp3) is 0.625. The summed E-state index contributed by atoms with van der Waals surface area (Å²) in [5, 5.41) is 0. The van der Waals surface area contributed by atoms with Gasteiger partial charge in [-0.3, -0.25) is 0 Å². The zero-order valence-corrected chi connectivity index (χ0v) is 11.7. The summed E-state index contributed by atoms with van der Waals surface area (Å²) >= 11 is 0. The van der Waals surface area contributed by atoms with E-state index in [4.69, 9.17) is 0 Å². The summed E-state index contributed by atoms with van der Waals surface area (Å²) in [5.41, 5.74) is 2.80. The van der Waals surface area contributed by atoms with Crippen LogP contribution in [0.3, 0.4) is 0 Å². The molecule has 0 aromatic carbocycles. The summed E-state index contributed by atoms with van der Waals surface area (Å²) in [6.45, 7) is 10.9. The summed E-state index contributed by atoms with van der Waals surface area (Å²) in [4.78, 5) is 0. The van der Waals surface area contributed by atoms with Crippen LogP contribution in [-0.2, 0) is 0 Å². The summed E-state index contributed by atoms with van der Waals surface area (Å²) in [6, 6.07) is 0. The number of allylic oxidation sites excluding steroid dienone is 6. The van der Waals surface area contributed by atoms with Gasteiger partial charge in [-0.1, -0.05) is 42.4 Å². The molecular formula is C16H28. The topological polar surface area (TPSA) is 0 Å². The Morgan fingerprint density at radius 1 is 1.06 bits per heavy atom. The minimum atomic E-state index is 0.839. The monoisotopic (exact) mass is 220 g/mol. The van der Waals surface area contributed by atoms with Crippen molar-refractivity contribution in [2.24, 2.45) is 5.92 Å². The van der Waals surface area contributed by atoms with E-state index in [-0.39, 0.29) is 0 Å². The summed E-state index contributed by atoms with van der Waals surface area (Å²) in [7, 11) is 0. The van der Waals surface area contributed by atoms with E-state index in [2.05, 4.69) is 58.9 Å². The lowest BCUT2D eigenvalue weighted by Crippen LogP contribution is -1.92. The molecule has 1 atom stereocenters. The third-order valence-corrected chi connectivity index (χ3v) is 2.87. The van der Waals surface area contributed by atoms with Gasteiger partial charge in [0.15, 0.2) is 0 Å². The van der Waals surface area contributed by atoms with Crippen LogP contribution < -0.4 is 0 Å². The van der Waals surface area contributed by atoms with Crippen LogP contribution in [0.2, 0.25) is 0 Å². The Kier molecular flexibility index (Phi) is 8.99. The fourth-order valence-corrected chi connectivity index (χ4v) is 1.55. The summed E-state index contributed by atoms with van der Waals surface area (Å²) < 4.78 is 0. The summed E-state index contributed by atoms with van der Waals surface area (Å²) in [6.07, 6.45) is 14.1. The third kappa shape index (κ3) is 9.76. The van der Waals surface area contributed by atoms with Crippen LogP contribution >= 0.6 is 0 Å². The van der Waals surface area contributed by atoms with Crippen molar-refractivity contribution in [1.82, 2.24) is 0 Å². The Morgan fingerprint density at radius 3 is 2.25 bits per heavy atom. The van der Waals surface area contributed by atoms with Gasteiger partial charge in [-0.25, -0.2) is 0 Å². The highest BCUT2D eigenvalue weighted by Gasteiger charge is 1.98. The minimum absolute atomic E-state index is 0.839. The number of rotatable bonds is 7. The second kappa shape index (κ2) is 9.45. The molecule has 0 aromatic heterocycles. The van der Waals surface area contributed by atoms with Crippen molar-refractivity contribution in [1.29, 1.82) is 0 Å². The molecule has 0 heterocycles. The Hall–Kier alpha value is -0.780. The molecule has 0 aliphatic rings. The molecule has 92 valence electrons. The molecule has 0 fully saturated rings. The van der Waals surface area contributed by atoms with Crippen molar-refractivity contribution in [3.05, 3.63) is 35.5 Å². The molecule has 0 unspecified atom stereocenters. The average molecular weight is 220 g/mol. The van der Waals surface area contributed by atoms with Crippen molar-refractivity contribution in [3.8, 4) is 0 Å². The average Bonchev–Trinajstić information content (AvgIpc) is 2.23. The quantitative estimate of drug-likeness (QED) is 0.383. The van der Waals surface area contributed by atoms with Crippen molar-refractivity contribution >= 4 is 0 Å². The van der Waals surface area contributed by atoms with Crippen molar-refractivity contribution in [2.75, 3.05) is 0 Å². The standard InChI is InChI=1S/C16H28/c1-6-15(4)11-7-8-12-16(5)13-9-10-14(2)3/h6-7,10-11,16H,8-9,12-13H2,1-5H3/b11-7+,15-6+/t16-/m0/s1. The predicted molar refractivity (Wildman–Crippen MR) is 75.6 cm³/mol. The molecular weight excluding hydrogens is 192 g/mol. The zero-order valence-electron chi connectivity index (χ0n) is 11.7. The zero-order chi connectivity index (χ0) is 12.4. The van der Waals surface area contributed by atoms with E-state index in [1.807, 2.05) is 0 Å². The molecule has 0 heteroatoms. The van der Waals surface area contributed by atoms with Gasteiger partial charge >= 0.3 is 0 Å². The normalized spacial score (nSPS) is 14.2. The molecule has 0 aliphatic heterocycles. The second-order valence-corrected chi connectivity index (χ2v) is 4.98. The fourth-order valence-electron chi connectivity index (χ4n) is 1.55. The van der Waals surface area contributed by atoms with Crippen LogP contribution in [0.4, 0.5) is 0 Å². The van der Waals surface area contributed by atoms with Gasteiger partial charge in [0.05, 0.1) is 0 Å². The van der Waals surface area contributed by atoms with Gasteiger partial charge < -0.3 is 0 Å². The van der Waals surface area contributed by atoms with Gasteiger partial charge in [0.2, 0.25) is 0 Å². The van der Waals surface area contributed by atoms with Gasteiger partial charge in [-0.05, 0) is 59.3 Å². The smallest absolute Gasteiger partial charge is 0.0345 e. The maximum atomic E-state index is 2.36. The highest BCUT2D eigenvalue weighted by molar-refractivity contribution is 5.14. The Bertz CT molecular complexity index is 249. The minimum Gasteiger partial charge on any atom is -0.0859 e. The van der Waals surface area contributed by atoms with E-state index in [0.29, 0.717) is 0 Å². The molecule has 0 saturated heterocycles. The first-order valence-electron chi connectivity index (χ1n) is 6.49. The maximum Gasteiger partial charge on any atom is -0.0345 e. The molecule has 16 heavy (non-hydrogen) atoms. The highest BCUT2D eigenvalue weighted by atomic mass is 14.0. The molecule has 0 saturated carbocycles. The van der Waals surface area contributed by atoms with Crippen molar-refractivity contribution in [3.63, 3.8) is 0 Å². The molecule has 0 N–H and O–H groups in total. The van der Waals surface area contributed by atoms with Gasteiger partial charge in [0, 0.05) is 0 Å². The SMILES string of the molecule is C/C=C(C)/C=C/CC[C@H](C)CCC=C(C)C. The van der Waals surface area contributed by atoms with Crippen LogP contribution in [0.5, 0.6) is 0 Å². The molecule has 0 radical (unpaired) electrons. The molecule has 0 aliphatic carbocycles. The van der Waals surface area contributed by atoms with Gasteiger partial charge in [0.1, 0.15) is 0 Å². The van der Waals surface area contributed by atoms with Gasteiger partial charge in [-0.15, -0.1) is 0 Å². The molecule has 0 bridgehead atoms. The second-order valence-electron chi connectivity index (χ2n) is 4.98. The van der Waals surface area contributed by atoms with Crippen LogP contribution in [0, 0.1) is 5.92 Å². The first-order chi connectivity index (χ1) is 7.56. The van der Waals surface area contributed by atoms with Crippen LogP contribution in [0.15, 0.2) is 35.5 Å².